The largest absolute Gasteiger partial charge is 0.488 e. The van der Waals surface area contributed by atoms with Crippen molar-refractivity contribution in [1.82, 2.24) is 0 Å². The molecule has 0 bridgehead atoms. The zero-order valence-electron chi connectivity index (χ0n) is 30.7. The standard InChI is InChI=1S/C41H60O8/c1-6-10-14-20-38(42)48-32(27-44-24-12-8-3)29-46-40-34-18-16-17-19-35(34)41(37-26-31(5)22-23-36(37)40)47-30-33(28-45-25-13-9-4)49-39(43)21-15-11-7-2/h16-19,22-23,26,32-33H,6-15,20-21,24-25,27-30H2,1-5H3. The summed E-state index contributed by atoms with van der Waals surface area (Å²) in [6.45, 7) is 12.6. The molecule has 3 aromatic carbocycles. The van der Waals surface area contributed by atoms with Crippen LogP contribution in [0.5, 0.6) is 11.5 Å². The molecule has 0 aliphatic carbocycles. The topological polar surface area (TPSA) is 89.5 Å². The van der Waals surface area contributed by atoms with E-state index in [9.17, 15) is 9.59 Å². The molecule has 2 unspecified atom stereocenters. The third-order valence-electron chi connectivity index (χ3n) is 8.36. The number of carbonyl (C=O) groups excluding carboxylic acids is 2. The van der Waals surface area contributed by atoms with Gasteiger partial charge < -0.3 is 28.4 Å². The SMILES string of the molecule is CCCCCC(=O)OC(COCCCC)COc1c2ccccc2c(OCC(COCCCC)OC(=O)CCCCC)c2cc(C)ccc12. The molecule has 0 heterocycles. The summed E-state index contributed by atoms with van der Waals surface area (Å²) in [6.07, 6.45) is 9.29. The number of hydrogen-bond acceptors (Lipinski definition) is 8. The van der Waals surface area contributed by atoms with E-state index in [1.54, 1.807) is 0 Å². The monoisotopic (exact) mass is 680 g/mol. The van der Waals surface area contributed by atoms with Crippen LogP contribution in [0, 0.1) is 6.92 Å². The van der Waals surface area contributed by atoms with Crippen LogP contribution in [0.2, 0.25) is 0 Å². The van der Waals surface area contributed by atoms with E-state index in [-0.39, 0.29) is 38.4 Å². The molecule has 0 aliphatic rings. The fourth-order valence-electron chi connectivity index (χ4n) is 5.56. The van der Waals surface area contributed by atoms with E-state index in [4.69, 9.17) is 28.4 Å². The predicted octanol–water partition coefficient (Wildman–Crippen LogP) is 9.68. The van der Waals surface area contributed by atoms with Crippen molar-refractivity contribution in [1.29, 1.82) is 0 Å². The van der Waals surface area contributed by atoms with Crippen molar-refractivity contribution in [3.8, 4) is 11.5 Å². The van der Waals surface area contributed by atoms with Gasteiger partial charge in [0.05, 0.1) is 13.2 Å². The lowest BCUT2D eigenvalue weighted by molar-refractivity contribution is -0.155. The highest BCUT2D eigenvalue weighted by molar-refractivity contribution is 6.11. The van der Waals surface area contributed by atoms with E-state index in [2.05, 4.69) is 39.8 Å². The van der Waals surface area contributed by atoms with E-state index in [0.717, 1.165) is 91.3 Å². The Balaban J connectivity index is 1.90. The molecule has 272 valence electrons. The minimum atomic E-state index is -0.541. The number of hydrogen-bond donors (Lipinski definition) is 0. The van der Waals surface area contributed by atoms with Crippen molar-refractivity contribution < 1.29 is 38.0 Å². The third kappa shape index (κ3) is 13.8. The molecule has 0 aliphatic heterocycles. The van der Waals surface area contributed by atoms with Gasteiger partial charge in [-0.25, -0.2) is 0 Å². The van der Waals surface area contributed by atoms with Gasteiger partial charge in [0, 0.05) is 47.6 Å². The first-order valence-corrected chi connectivity index (χ1v) is 18.7. The molecule has 0 saturated carbocycles. The maximum absolute atomic E-state index is 12.7. The van der Waals surface area contributed by atoms with Crippen LogP contribution in [0.25, 0.3) is 21.5 Å². The van der Waals surface area contributed by atoms with Gasteiger partial charge in [-0.15, -0.1) is 0 Å². The van der Waals surface area contributed by atoms with Gasteiger partial charge in [-0.2, -0.15) is 0 Å². The van der Waals surface area contributed by atoms with Crippen LogP contribution in [-0.4, -0.2) is 63.8 Å². The molecular formula is C41H60O8. The average Bonchev–Trinajstić information content (AvgIpc) is 3.09. The van der Waals surface area contributed by atoms with Crippen LogP contribution in [0.1, 0.15) is 110 Å². The highest BCUT2D eigenvalue weighted by atomic mass is 16.6. The van der Waals surface area contributed by atoms with Crippen LogP contribution < -0.4 is 9.47 Å². The molecule has 49 heavy (non-hydrogen) atoms. The van der Waals surface area contributed by atoms with E-state index < -0.39 is 12.2 Å². The maximum atomic E-state index is 12.7. The smallest absolute Gasteiger partial charge is 0.306 e. The lowest BCUT2D eigenvalue weighted by Gasteiger charge is -2.23. The third-order valence-corrected chi connectivity index (χ3v) is 8.36. The van der Waals surface area contributed by atoms with Crippen LogP contribution >= 0.6 is 0 Å². The maximum Gasteiger partial charge on any atom is 0.306 e. The molecule has 3 aromatic rings. The Morgan fingerprint density at radius 2 is 1.00 bits per heavy atom. The molecule has 8 heteroatoms. The second kappa shape index (κ2) is 23.1. The van der Waals surface area contributed by atoms with Crippen molar-refractivity contribution >= 4 is 33.5 Å². The molecule has 3 rings (SSSR count). The molecule has 0 N–H and O–H groups in total. The Kier molecular flexibility index (Phi) is 18.9. The fraction of sp³-hybridized carbons (Fsp3) is 0.610. The van der Waals surface area contributed by atoms with E-state index in [1.165, 1.54) is 0 Å². The highest BCUT2D eigenvalue weighted by Crippen LogP contribution is 2.43. The van der Waals surface area contributed by atoms with Gasteiger partial charge >= 0.3 is 11.9 Å². The summed E-state index contributed by atoms with van der Waals surface area (Å²) in [5.74, 6) is 0.939. The molecule has 0 saturated heterocycles. The van der Waals surface area contributed by atoms with Crippen LogP contribution in [0.3, 0.4) is 0 Å². The zero-order valence-corrected chi connectivity index (χ0v) is 30.7. The summed E-state index contributed by atoms with van der Waals surface area (Å²) in [6, 6.07) is 14.2. The second-order valence-electron chi connectivity index (χ2n) is 12.9. The van der Waals surface area contributed by atoms with Gasteiger partial charge in [0.1, 0.15) is 24.7 Å². The number of ether oxygens (including phenoxy) is 6. The Morgan fingerprint density at radius 1 is 0.551 bits per heavy atom. The molecule has 0 spiro atoms. The number of unbranched alkanes of at least 4 members (excludes halogenated alkanes) is 6. The second-order valence-corrected chi connectivity index (χ2v) is 12.9. The molecule has 0 radical (unpaired) electrons. The molecule has 0 aromatic heterocycles. The number of rotatable bonds is 26. The Hall–Kier alpha value is -3.36. The lowest BCUT2D eigenvalue weighted by Crippen LogP contribution is -2.30. The predicted molar refractivity (Wildman–Crippen MR) is 197 cm³/mol. The van der Waals surface area contributed by atoms with Crippen LogP contribution in [0.4, 0.5) is 0 Å². The van der Waals surface area contributed by atoms with E-state index in [1.807, 2.05) is 37.3 Å². The quantitative estimate of drug-likeness (QED) is 0.0470. The Labute approximate surface area is 294 Å². The summed E-state index contributed by atoms with van der Waals surface area (Å²) in [4.78, 5) is 25.4. The van der Waals surface area contributed by atoms with Gasteiger partial charge in [0.15, 0.2) is 12.2 Å². The number of benzene rings is 3. The molecule has 8 nitrogen and oxygen atoms in total. The summed E-state index contributed by atoms with van der Waals surface area (Å²) in [5, 5.41) is 3.52. The molecule has 2 atom stereocenters. The minimum Gasteiger partial charge on any atom is -0.488 e. The number of carbonyl (C=O) groups is 2. The normalized spacial score (nSPS) is 12.6. The molecule has 0 fully saturated rings. The van der Waals surface area contributed by atoms with Crippen molar-refractivity contribution in [3.05, 3.63) is 48.0 Å². The van der Waals surface area contributed by atoms with E-state index >= 15 is 0 Å². The van der Waals surface area contributed by atoms with Crippen molar-refractivity contribution in [2.75, 3.05) is 39.6 Å². The Bertz CT molecular complexity index is 1400. The number of aryl methyl sites for hydroxylation is 1. The van der Waals surface area contributed by atoms with Crippen LogP contribution in [-0.2, 0) is 28.5 Å². The Morgan fingerprint density at radius 3 is 1.47 bits per heavy atom. The summed E-state index contributed by atoms with van der Waals surface area (Å²) >= 11 is 0. The van der Waals surface area contributed by atoms with Crippen LogP contribution in [0.15, 0.2) is 42.5 Å². The van der Waals surface area contributed by atoms with Crippen molar-refractivity contribution in [2.24, 2.45) is 0 Å². The van der Waals surface area contributed by atoms with Crippen molar-refractivity contribution in [2.45, 2.75) is 124 Å². The number of esters is 2. The van der Waals surface area contributed by atoms with Crippen molar-refractivity contribution in [3.63, 3.8) is 0 Å². The first-order valence-electron chi connectivity index (χ1n) is 18.7. The van der Waals surface area contributed by atoms with Gasteiger partial charge in [0.2, 0.25) is 0 Å². The highest BCUT2D eigenvalue weighted by Gasteiger charge is 2.22. The first kappa shape index (κ1) is 40.1. The lowest BCUT2D eigenvalue weighted by atomic mass is 9.99. The molecular weight excluding hydrogens is 620 g/mol. The average molecular weight is 681 g/mol. The van der Waals surface area contributed by atoms with E-state index in [0.29, 0.717) is 37.6 Å². The fourth-order valence-corrected chi connectivity index (χ4v) is 5.56. The number of fused-ring (bicyclic) bond motifs is 2. The zero-order chi connectivity index (χ0) is 35.3. The van der Waals surface area contributed by atoms with Gasteiger partial charge in [0.25, 0.3) is 0 Å². The van der Waals surface area contributed by atoms with Gasteiger partial charge in [-0.3, -0.25) is 9.59 Å². The minimum absolute atomic E-state index is 0.157. The molecule has 0 amide bonds. The van der Waals surface area contributed by atoms with Gasteiger partial charge in [-0.1, -0.05) is 108 Å². The summed E-state index contributed by atoms with van der Waals surface area (Å²) in [5.41, 5.74) is 1.07. The summed E-state index contributed by atoms with van der Waals surface area (Å²) < 4.78 is 36.7. The van der Waals surface area contributed by atoms with Gasteiger partial charge in [-0.05, 0) is 38.7 Å². The summed E-state index contributed by atoms with van der Waals surface area (Å²) in [7, 11) is 0. The first-order chi connectivity index (χ1) is 23.9.